The summed E-state index contributed by atoms with van der Waals surface area (Å²) in [6, 6.07) is 20.5. The second-order valence-corrected chi connectivity index (χ2v) is 7.61. The first kappa shape index (κ1) is 12.7. The molecule has 1 heterocycles. The molecule has 0 amide bonds. The van der Waals surface area contributed by atoms with Gasteiger partial charge in [0.25, 0.3) is 0 Å². The van der Waals surface area contributed by atoms with E-state index in [1.807, 2.05) is 0 Å². The Labute approximate surface area is 134 Å². The molecule has 1 nitrogen and oxygen atoms in total. The van der Waals surface area contributed by atoms with Crippen LogP contribution in [-0.4, -0.2) is 9.97 Å². The first-order chi connectivity index (χ1) is 9.84. The zero-order valence-electron chi connectivity index (χ0n) is 11.4. The molecule has 0 N–H and O–H groups in total. The smallest absolute Gasteiger partial charge is 0.0449 e. The van der Waals surface area contributed by atoms with Crippen LogP contribution in [0.15, 0.2) is 54.6 Å². The average Bonchev–Trinajstić information content (AvgIpc) is 2.82. The van der Waals surface area contributed by atoms with Crippen LogP contribution in [0.4, 0.5) is 11.4 Å². The Hall–Kier alpha value is -1.03. The van der Waals surface area contributed by atoms with Gasteiger partial charge in [-0.1, -0.05) is 59.0 Å². The Morgan fingerprint density at radius 3 is 2.50 bits per heavy atom. The van der Waals surface area contributed by atoms with Crippen molar-refractivity contribution in [2.75, 3.05) is 4.90 Å². The lowest BCUT2D eigenvalue weighted by molar-refractivity contribution is 0.418. The van der Waals surface area contributed by atoms with Gasteiger partial charge in [-0.15, -0.1) is 0 Å². The fourth-order valence-corrected chi connectivity index (χ4v) is 4.77. The molecule has 0 radical (unpaired) electrons. The van der Waals surface area contributed by atoms with Gasteiger partial charge in [-0.3, -0.25) is 0 Å². The number of rotatable bonds is 1. The predicted octanol–water partition coefficient (Wildman–Crippen LogP) is 5.28. The number of nitrogens with zero attached hydrogens (tertiary/aromatic N) is 1. The highest BCUT2D eigenvalue weighted by molar-refractivity contribution is 14.1. The van der Waals surface area contributed by atoms with Crippen molar-refractivity contribution in [2.45, 2.75) is 35.1 Å². The molecule has 1 fully saturated rings. The van der Waals surface area contributed by atoms with Gasteiger partial charge in [0, 0.05) is 27.3 Å². The van der Waals surface area contributed by atoms with Crippen LogP contribution in [0.25, 0.3) is 0 Å². The van der Waals surface area contributed by atoms with Crippen molar-refractivity contribution in [3.8, 4) is 0 Å². The molecule has 1 aliphatic heterocycles. The van der Waals surface area contributed by atoms with E-state index in [1.54, 1.807) is 5.56 Å². The van der Waals surface area contributed by atoms with E-state index >= 15 is 0 Å². The van der Waals surface area contributed by atoms with E-state index in [0.29, 0.717) is 12.0 Å². The third-order valence-electron chi connectivity index (χ3n) is 4.71. The van der Waals surface area contributed by atoms with Crippen LogP contribution in [-0.2, 0) is 0 Å². The molecule has 1 aliphatic carbocycles. The Balaban J connectivity index is 1.83. The fourth-order valence-electron chi connectivity index (χ4n) is 3.86. The standard InChI is InChI=1S/C18H18IN/c19-13-10-11-18-16(12-13)15-8-4-5-9-17(15)20(18)14-6-2-1-3-7-14/h1-9,13,16,18H,10-12H2. The lowest BCUT2D eigenvalue weighted by atomic mass is 9.82. The molecule has 3 unspecified atom stereocenters. The van der Waals surface area contributed by atoms with Crippen molar-refractivity contribution in [1.82, 2.24) is 0 Å². The van der Waals surface area contributed by atoms with Crippen LogP contribution in [0.2, 0.25) is 0 Å². The molecule has 0 spiro atoms. The highest BCUT2D eigenvalue weighted by atomic mass is 127. The molecule has 4 rings (SSSR count). The van der Waals surface area contributed by atoms with E-state index in [1.165, 1.54) is 30.6 Å². The van der Waals surface area contributed by atoms with Crippen LogP contribution in [0.3, 0.4) is 0 Å². The maximum absolute atomic E-state index is 2.64. The monoisotopic (exact) mass is 375 g/mol. The van der Waals surface area contributed by atoms with Crippen molar-refractivity contribution in [3.63, 3.8) is 0 Å². The van der Waals surface area contributed by atoms with Crippen LogP contribution in [0, 0.1) is 0 Å². The second-order valence-electron chi connectivity index (χ2n) is 5.85. The van der Waals surface area contributed by atoms with Crippen molar-refractivity contribution in [1.29, 1.82) is 0 Å². The minimum atomic E-state index is 0.654. The summed E-state index contributed by atoms with van der Waals surface area (Å²) in [7, 11) is 0. The van der Waals surface area contributed by atoms with Gasteiger partial charge in [0.2, 0.25) is 0 Å². The first-order valence-corrected chi connectivity index (χ1v) is 8.66. The maximum atomic E-state index is 2.64. The van der Waals surface area contributed by atoms with Gasteiger partial charge in [0.1, 0.15) is 0 Å². The van der Waals surface area contributed by atoms with Gasteiger partial charge in [-0.2, -0.15) is 0 Å². The second kappa shape index (κ2) is 5.06. The van der Waals surface area contributed by atoms with Crippen LogP contribution >= 0.6 is 22.6 Å². The zero-order chi connectivity index (χ0) is 13.5. The lowest BCUT2D eigenvalue weighted by Gasteiger charge is -2.35. The number of alkyl halides is 1. The van der Waals surface area contributed by atoms with Crippen molar-refractivity contribution in [3.05, 3.63) is 60.2 Å². The normalized spacial score (nSPS) is 28.1. The molecule has 2 aliphatic rings. The van der Waals surface area contributed by atoms with E-state index in [2.05, 4.69) is 82.1 Å². The predicted molar refractivity (Wildman–Crippen MR) is 93.2 cm³/mol. The lowest BCUT2D eigenvalue weighted by Crippen LogP contribution is -2.35. The largest absolute Gasteiger partial charge is 0.338 e. The summed E-state index contributed by atoms with van der Waals surface area (Å²) in [4.78, 5) is 2.59. The van der Waals surface area contributed by atoms with Crippen LogP contribution in [0.5, 0.6) is 0 Å². The van der Waals surface area contributed by atoms with Crippen molar-refractivity contribution in [2.24, 2.45) is 0 Å². The van der Waals surface area contributed by atoms with E-state index in [9.17, 15) is 0 Å². The number of fused-ring (bicyclic) bond motifs is 3. The van der Waals surface area contributed by atoms with Gasteiger partial charge in [0.15, 0.2) is 0 Å². The SMILES string of the molecule is IC1CCC2C(C1)c1ccccc1N2c1ccccc1. The molecule has 0 aromatic heterocycles. The molecule has 1 saturated carbocycles. The molecule has 2 aromatic carbocycles. The van der Waals surface area contributed by atoms with Gasteiger partial charge in [-0.05, 0) is 43.0 Å². The molecule has 20 heavy (non-hydrogen) atoms. The minimum absolute atomic E-state index is 0.654. The number of halogens is 1. The maximum Gasteiger partial charge on any atom is 0.0449 e. The molecule has 0 saturated heterocycles. The summed E-state index contributed by atoms with van der Waals surface area (Å²) in [6.07, 6.45) is 3.98. The van der Waals surface area contributed by atoms with E-state index in [-0.39, 0.29) is 0 Å². The molecular formula is C18H18IN. The van der Waals surface area contributed by atoms with Gasteiger partial charge in [-0.25, -0.2) is 0 Å². The molecular weight excluding hydrogens is 357 g/mol. The third-order valence-corrected chi connectivity index (χ3v) is 5.84. The summed E-state index contributed by atoms with van der Waals surface area (Å²) in [5.74, 6) is 0.710. The molecule has 3 atom stereocenters. The summed E-state index contributed by atoms with van der Waals surface area (Å²) in [6.45, 7) is 0. The highest BCUT2D eigenvalue weighted by Crippen LogP contribution is 2.51. The van der Waals surface area contributed by atoms with Gasteiger partial charge >= 0.3 is 0 Å². The van der Waals surface area contributed by atoms with E-state index in [4.69, 9.17) is 0 Å². The molecule has 2 heteroatoms. The number of para-hydroxylation sites is 2. The Morgan fingerprint density at radius 1 is 0.900 bits per heavy atom. The number of hydrogen-bond acceptors (Lipinski definition) is 1. The fraction of sp³-hybridized carbons (Fsp3) is 0.333. The topological polar surface area (TPSA) is 3.24 Å². The first-order valence-electron chi connectivity index (χ1n) is 7.42. The van der Waals surface area contributed by atoms with Crippen molar-refractivity contribution >= 4 is 34.0 Å². The molecule has 2 aromatic rings. The zero-order valence-corrected chi connectivity index (χ0v) is 13.5. The average molecular weight is 375 g/mol. The Morgan fingerprint density at radius 2 is 1.65 bits per heavy atom. The summed E-state index contributed by atoms with van der Waals surface area (Å²) < 4.78 is 0.831. The van der Waals surface area contributed by atoms with Gasteiger partial charge < -0.3 is 4.90 Å². The summed E-state index contributed by atoms with van der Waals surface area (Å²) in [5, 5.41) is 0. The van der Waals surface area contributed by atoms with E-state index < -0.39 is 0 Å². The molecule has 102 valence electrons. The quantitative estimate of drug-likeness (QED) is 0.484. The summed E-state index contributed by atoms with van der Waals surface area (Å²) >= 11 is 2.64. The number of benzene rings is 2. The summed E-state index contributed by atoms with van der Waals surface area (Å²) in [5.41, 5.74) is 4.33. The van der Waals surface area contributed by atoms with Crippen LogP contribution < -0.4 is 4.90 Å². The van der Waals surface area contributed by atoms with Crippen molar-refractivity contribution < 1.29 is 0 Å². The van der Waals surface area contributed by atoms with Crippen LogP contribution in [0.1, 0.15) is 30.7 Å². The number of hydrogen-bond donors (Lipinski definition) is 0. The third kappa shape index (κ3) is 1.96. The van der Waals surface area contributed by atoms with Gasteiger partial charge in [0.05, 0.1) is 0 Å². The Kier molecular flexibility index (Phi) is 3.21. The Bertz CT molecular complexity index is 610. The van der Waals surface area contributed by atoms with E-state index in [0.717, 1.165) is 3.92 Å². The minimum Gasteiger partial charge on any atom is -0.338 e. The highest BCUT2D eigenvalue weighted by Gasteiger charge is 2.42. The molecule has 0 bridgehead atoms. The number of anilines is 2.